The first-order valence-corrected chi connectivity index (χ1v) is 11.7. The summed E-state index contributed by atoms with van der Waals surface area (Å²) in [6.07, 6.45) is 3.40. The Hall–Kier alpha value is -1.64. The topological polar surface area (TPSA) is 95.9 Å². The van der Waals surface area contributed by atoms with E-state index in [1.807, 2.05) is 0 Å². The van der Waals surface area contributed by atoms with Crippen LogP contribution in [-0.4, -0.2) is 56.1 Å². The maximum Gasteiger partial charge on any atom is 0.251 e. The number of nitrogens with one attached hydrogen (secondary N) is 1. The molecular formula is C21H30N2O5S. The van der Waals surface area contributed by atoms with Crippen LogP contribution in [0, 0.1) is 16.7 Å². The molecule has 1 aromatic rings. The van der Waals surface area contributed by atoms with Crippen LogP contribution < -0.4 is 5.32 Å². The first-order chi connectivity index (χ1) is 13.6. The van der Waals surface area contributed by atoms with Crippen molar-refractivity contribution in [3.8, 4) is 5.75 Å². The molecule has 2 bridgehead atoms. The minimum atomic E-state index is -3.90. The van der Waals surface area contributed by atoms with Crippen LogP contribution in [0.4, 0.5) is 0 Å². The number of carbonyl (C=O) groups excluding carboxylic acids is 1. The number of ether oxygens (including phenoxy) is 1. The fourth-order valence-corrected chi connectivity index (χ4v) is 7.18. The number of rotatable bonds is 4. The van der Waals surface area contributed by atoms with Gasteiger partial charge in [-0.1, -0.05) is 20.8 Å². The second kappa shape index (κ2) is 6.96. The maximum absolute atomic E-state index is 13.1. The van der Waals surface area contributed by atoms with Crippen molar-refractivity contribution in [2.75, 3.05) is 26.3 Å². The lowest BCUT2D eigenvalue weighted by Crippen LogP contribution is -2.52. The standard InChI is InChI=1S/C21H30N2O5S/c1-20(2)15-6-7-21(3,13-15)19(20)22-18(25)14-4-5-16(24)17(12-14)29(26,27)23-8-10-28-11-9-23/h4-5,12,15,19,24H,6-11,13H2,1-3H3,(H,22,25)/t15-,19?,21-/m0/s1. The number of sulfonamides is 1. The van der Waals surface area contributed by atoms with Gasteiger partial charge in [-0.15, -0.1) is 0 Å². The largest absolute Gasteiger partial charge is 0.507 e. The summed E-state index contributed by atoms with van der Waals surface area (Å²) in [6, 6.07) is 4.09. The average molecular weight is 423 g/mol. The lowest BCUT2D eigenvalue weighted by Gasteiger charge is -2.43. The molecule has 1 heterocycles. The summed E-state index contributed by atoms with van der Waals surface area (Å²) in [5.41, 5.74) is 0.322. The third-order valence-electron chi connectivity index (χ3n) is 7.36. The lowest BCUT2D eigenvalue weighted by molar-refractivity contribution is 0.0728. The number of fused-ring (bicyclic) bond motifs is 2. The number of benzene rings is 1. The van der Waals surface area contributed by atoms with Crippen molar-refractivity contribution >= 4 is 15.9 Å². The number of aromatic hydroxyl groups is 1. The molecule has 3 fully saturated rings. The zero-order chi connectivity index (χ0) is 21.0. The van der Waals surface area contributed by atoms with Gasteiger partial charge in [0.25, 0.3) is 5.91 Å². The van der Waals surface area contributed by atoms with Crippen molar-refractivity contribution in [3.63, 3.8) is 0 Å². The van der Waals surface area contributed by atoms with E-state index in [0.29, 0.717) is 19.1 Å². The zero-order valence-electron chi connectivity index (χ0n) is 17.3. The van der Waals surface area contributed by atoms with Crippen LogP contribution in [0.15, 0.2) is 23.1 Å². The molecule has 2 aliphatic carbocycles. The summed E-state index contributed by atoms with van der Waals surface area (Å²) >= 11 is 0. The number of amides is 1. The van der Waals surface area contributed by atoms with E-state index in [1.165, 1.54) is 28.9 Å². The molecule has 3 atom stereocenters. The van der Waals surface area contributed by atoms with Gasteiger partial charge in [0, 0.05) is 24.7 Å². The van der Waals surface area contributed by atoms with Crippen LogP contribution in [0.2, 0.25) is 0 Å². The zero-order valence-corrected chi connectivity index (χ0v) is 18.1. The minimum absolute atomic E-state index is 0.00227. The van der Waals surface area contributed by atoms with E-state index in [2.05, 4.69) is 26.1 Å². The second-order valence-electron chi connectivity index (χ2n) is 9.52. The van der Waals surface area contributed by atoms with Crippen LogP contribution >= 0.6 is 0 Å². The van der Waals surface area contributed by atoms with E-state index in [4.69, 9.17) is 4.74 Å². The molecule has 0 aromatic heterocycles. The Balaban J connectivity index is 1.60. The molecule has 0 radical (unpaired) electrons. The Morgan fingerprint density at radius 1 is 1.24 bits per heavy atom. The highest BCUT2D eigenvalue weighted by Crippen LogP contribution is 2.62. The summed E-state index contributed by atoms with van der Waals surface area (Å²) in [6.45, 7) is 7.74. The molecule has 8 heteroatoms. The van der Waals surface area contributed by atoms with Gasteiger partial charge in [0.2, 0.25) is 10.0 Å². The quantitative estimate of drug-likeness (QED) is 0.777. The summed E-state index contributed by atoms with van der Waals surface area (Å²) in [4.78, 5) is 12.8. The smallest absolute Gasteiger partial charge is 0.251 e. The fraction of sp³-hybridized carbons (Fsp3) is 0.667. The lowest BCUT2D eigenvalue weighted by atomic mass is 9.68. The molecule has 1 unspecified atom stereocenters. The molecular weight excluding hydrogens is 392 g/mol. The molecule has 1 aliphatic heterocycles. The number of nitrogens with zero attached hydrogens (tertiary/aromatic N) is 1. The Labute approximate surface area is 172 Å². The molecule has 1 amide bonds. The van der Waals surface area contributed by atoms with Gasteiger partial charge in [-0.25, -0.2) is 8.42 Å². The number of hydrogen-bond acceptors (Lipinski definition) is 5. The van der Waals surface area contributed by atoms with Gasteiger partial charge in [0.1, 0.15) is 10.6 Å². The predicted molar refractivity (Wildman–Crippen MR) is 108 cm³/mol. The molecule has 2 N–H and O–H groups in total. The Bertz CT molecular complexity index is 918. The van der Waals surface area contributed by atoms with Crippen LogP contribution in [-0.2, 0) is 14.8 Å². The van der Waals surface area contributed by atoms with Gasteiger partial charge in [0.15, 0.2) is 0 Å². The van der Waals surface area contributed by atoms with E-state index >= 15 is 0 Å². The summed E-state index contributed by atoms with van der Waals surface area (Å²) < 4.78 is 32.4. The van der Waals surface area contributed by atoms with E-state index in [1.54, 1.807) is 0 Å². The first kappa shape index (κ1) is 20.6. The molecule has 2 saturated carbocycles. The fourth-order valence-electron chi connectivity index (χ4n) is 5.66. The van der Waals surface area contributed by atoms with Gasteiger partial charge in [-0.05, 0) is 54.2 Å². The number of carbonyl (C=O) groups is 1. The third-order valence-corrected chi connectivity index (χ3v) is 9.28. The van der Waals surface area contributed by atoms with Crippen molar-refractivity contribution < 1.29 is 23.1 Å². The van der Waals surface area contributed by atoms with Gasteiger partial charge in [-0.2, -0.15) is 4.31 Å². The van der Waals surface area contributed by atoms with E-state index in [9.17, 15) is 18.3 Å². The third kappa shape index (κ3) is 3.35. The Kier molecular flexibility index (Phi) is 4.95. The SMILES string of the molecule is CC1(C)C(NC(=O)c2ccc(O)c(S(=O)(=O)N3CCOCC3)c2)[C@@]2(C)CC[C@H]1C2. The maximum atomic E-state index is 13.1. The highest BCUT2D eigenvalue weighted by molar-refractivity contribution is 7.89. The van der Waals surface area contributed by atoms with Gasteiger partial charge in [-0.3, -0.25) is 4.79 Å². The predicted octanol–water partition coefficient (Wildman–Crippen LogP) is 2.36. The molecule has 1 saturated heterocycles. The highest BCUT2D eigenvalue weighted by atomic mass is 32.2. The van der Waals surface area contributed by atoms with Crippen LogP contribution in [0.25, 0.3) is 0 Å². The summed E-state index contributed by atoms with van der Waals surface area (Å²) in [7, 11) is -3.90. The van der Waals surface area contributed by atoms with Crippen molar-refractivity contribution in [2.24, 2.45) is 16.7 Å². The number of hydrogen-bond donors (Lipinski definition) is 2. The Morgan fingerprint density at radius 2 is 1.93 bits per heavy atom. The number of phenolic OH excluding ortho intramolecular Hbond substituents is 1. The average Bonchev–Trinajstić information content (AvgIpc) is 3.17. The van der Waals surface area contributed by atoms with Crippen molar-refractivity contribution in [2.45, 2.75) is 51.0 Å². The summed E-state index contributed by atoms with van der Waals surface area (Å²) in [5.74, 6) is -0.0505. The number of morpholine rings is 1. The van der Waals surface area contributed by atoms with E-state index < -0.39 is 10.0 Å². The second-order valence-corrected chi connectivity index (χ2v) is 11.4. The first-order valence-electron chi connectivity index (χ1n) is 10.3. The van der Waals surface area contributed by atoms with Crippen LogP contribution in [0.1, 0.15) is 50.4 Å². The van der Waals surface area contributed by atoms with Crippen LogP contribution in [0.5, 0.6) is 5.75 Å². The molecule has 4 rings (SSSR count). The molecule has 1 aromatic carbocycles. The van der Waals surface area contributed by atoms with Crippen molar-refractivity contribution in [1.82, 2.24) is 9.62 Å². The number of phenols is 1. The molecule has 3 aliphatic rings. The van der Waals surface area contributed by atoms with Crippen molar-refractivity contribution in [3.05, 3.63) is 23.8 Å². The van der Waals surface area contributed by atoms with E-state index in [-0.39, 0.29) is 52.1 Å². The van der Waals surface area contributed by atoms with Crippen LogP contribution in [0.3, 0.4) is 0 Å². The summed E-state index contributed by atoms with van der Waals surface area (Å²) in [5, 5.41) is 13.4. The Morgan fingerprint density at radius 3 is 2.55 bits per heavy atom. The van der Waals surface area contributed by atoms with E-state index in [0.717, 1.165) is 12.8 Å². The van der Waals surface area contributed by atoms with Gasteiger partial charge < -0.3 is 15.2 Å². The van der Waals surface area contributed by atoms with Gasteiger partial charge in [0.05, 0.1) is 13.2 Å². The highest BCUT2D eigenvalue weighted by Gasteiger charge is 2.59. The minimum Gasteiger partial charge on any atom is -0.507 e. The van der Waals surface area contributed by atoms with Crippen molar-refractivity contribution in [1.29, 1.82) is 0 Å². The monoisotopic (exact) mass is 422 g/mol. The molecule has 29 heavy (non-hydrogen) atoms. The molecule has 0 spiro atoms. The normalized spacial score (nSPS) is 31.7. The molecule has 7 nitrogen and oxygen atoms in total. The van der Waals surface area contributed by atoms with Gasteiger partial charge >= 0.3 is 0 Å². The molecule has 160 valence electrons.